The largest absolute Gasteiger partial charge is 0.506 e. The van der Waals surface area contributed by atoms with E-state index in [0.717, 1.165) is 12.8 Å². The Morgan fingerprint density at radius 3 is 2.50 bits per heavy atom. The first-order valence-corrected chi connectivity index (χ1v) is 6.61. The summed E-state index contributed by atoms with van der Waals surface area (Å²) >= 11 is 3.07. The molecular formula is C13H14BrFO3. The molecule has 2 rings (SSSR count). The summed E-state index contributed by atoms with van der Waals surface area (Å²) in [6.45, 7) is 1.51. The second-order valence-corrected chi connectivity index (χ2v) is 5.64. The number of aromatic hydroxyl groups is 1. The molecule has 0 radical (unpaired) electrons. The van der Waals surface area contributed by atoms with Gasteiger partial charge in [-0.3, -0.25) is 4.79 Å². The highest BCUT2D eigenvalue weighted by Crippen LogP contribution is 2.48. The van der Waals surface area contributed by atoms with Gasteiger partial charge in [0.15, 0.2) is 0 Å². The van der Waals surface area contributed by atoms with E-state index < -0.39 is 17.2 Å². The zero-order chi connectivity index (χ0) is 13.5. The van der Waals surface area contributed by atoms with Crippen molar-refractivity contribution < 1.29 is 19.4 Å². The summed E-state index contributed by atoms with van der Waals surface area (Å²) in [7, 11) is 0. The first kappa shape index (κ1) is 13.3. The highest BCUT2D eigenvalue weighted by molar-refractivity contribution is 9.10. The Balaban J connectivity index is 2.73. The van der Waals surface area contributed by atoms with Crippen molar-refractivity contribution in [3.05, 3.63) is 27.5 Å². The van der Waals surface area contributed by atoms with Crippen molar-refractivity contribution in [2.45, 2.75) is 38.0 Å². The van der Waals surface area contributed by atoms with Crippen LogP contribution in [0.25, 0.3) is 0 Å². The highest BCUT2D eigenvalue weighted by Gasteiger charge is 2.46. The van der Waals surface area contributed by atoms with Crippen molar-refractivity contribution in [2.24, 2.45) is 0 Å². The minimum absolute atomic E-state index is 0.154. The second-order valence-electron chi connectivity index (χ2n) is 4.78. The number of carboxylic acid groups (broad SMARTS) is 1. The van der Waals surface area contributed by atoms with Gasteiger partial charge in [0.05, 0.1) is 9.89 Å². The average Bonchev–Trinajstić information content (AvgIpc) is 2.77. The predicted octanol–water partition coefficient (Wildman–Crippen LogP) is 3.50. The van der Waals surface area contributed by atoms with E-state index in [-0.39, 0.29) is 21.3 Å². The topological polar surface area (TPSA) is 57.5 Å². The van der Waals surface area contributed by atoms with Crippen molar-refractivity contribution in [1.29, 1.82) is 0 Å². The van der Waals surface area contributed by atoms with E-state index in [1.54, 1.807) is 0 Å². The predicted molar refractivity (Wildman–Crippen MR) is 68.3 cm³/mol. The zero-order valence-electron chi connectivity index (χ0n) is 9.96. The highest BCUT2D eigenvalue weighted by atomic mass is 79.9. The van der Waals surface area contributed by atoms with Crippen LogP contribution in [0.4, 0.5) is 4.39 Å². The van der Waals surface area contributed by atoms with Crippen LogP contribution < -0.4 is 0 Å². The number of carboxylic acids is 1. The minimum Gasteiger partial charge on any atom is -0.506 e. The molecule has 0 aliphatic heterocycles. The van der Waals surface area contributed by atoms with Crippen LogP contribution in [0.2, 0.25) is 0 Å². The molecule has 0 bridgehead atoms. The summed E-state index contributed by atoms with van der Waals surface area (Å²) in [6, 6.07) is 1.17. The Labute approximate surface area is 113 Å². The summed E-state index contributed by atoms with van der Waals surface area (Å²) < 4.78 is 14.0. The molecule has 0 heterocycles. The number of phenolic OH excluding ortho intramolecular Hbond substituents is 1. The van der Waals surface area contributed by atoms with Gasteiger partial charge in [-0.25, -0.2) is 4.39 Å². The van der Waals surface area contributed by atoms with Crippen molar-refractivity contribution in [1.82, 2.24) is 0 Å². The number of benzene rings is 1. The molecule has 0 unspecified atom stereocenters. The third-order valence-corrected chi connectivity index (χ3v) is 4.40. The first-order valence-electron chi connectivity index (χ1n) is 5.81. The average molecular weight is 317 g/mol. The molecular weight excluding hydrogens is 303 g/mol. The zero-order valence-corrected chi connectivity index (χ0v) is 11.6. The van der Waals surface area contributed by atoms with E-state index in [4.69, 9.17) is 0 Å². The lowest BCUT2D eigenvalue weighted by molar-refractivity contribution is -0.143. The number of rotatable bonds is 2. The van der Waals surface area contributed by atoms with Gasteiger partial charge in [0.2, 0.25) is 0 Å². The number of aliphatic carboxylic acids is 1. The van der Waals surface area contributed by atoms with Gasteiger partial charge < -0.3 is 10.2 Å². The van der Waals surface area contributed by atoms with Crippen molar-refractivity contribution >= 4 is 21.9 Å². The van der Waals surface area contributed by atoms with Crippen LogP contribution >= 0.6 is 15.9 Å². The lowest BCUT2D eigenvalue weighted by Crippen LogP contribution is -2.33. The quantitative estimate of drug-likeness (QED) is 0.878. The molecule has 0 amide bonds. The fourth-order valence-corrected chi connectivity index (χ4v) is 3.24. The molecule has 1 saturated carbocycles. The third-order valence-electron chi connectivity index (χ3n) is 3.79. The Bertz CT molecular complexity index is 481. The van der Waals surface area contributed by atoms with E-state index in [9.17, 15) is 19.4 Å². The standard InChI is InChI=1S/C13H14BrFO3/c1-7-9(15)6-8(14)11(16)10(7)13(12(17)18)4-2-3-5-13/h6,16H,2-5H2,1H3,(H,17,18). The van der Waals surface area contributed by atoms with Gasteiger partial charge in [0, 0.05) is 5.56 Å². The van der Waals surface area contributed by atoms with Gasteiger partial charge in [-0.2, -0.15) is 0 Å². The van der Waals surface area contributed by atoms with E-state index in [1.807, 2.05) is 0 Å². The lowest BCUT2D eigenvalue weighted by Gasteiger charge is -2.27. The minimum atomic E-state index is -1.15. The second kappa shape index (κ2) is 4.53. The summed E-state index contributed by atoms with van der Waals surface area (Å²) in [5.74, 6) is -1.64. The van der Waals surface area contributed by atoms with Gasteiger partial charge in [-0.05, 0) is 47.3 Å². The maximum Gasteiger partial charge on any atom is 0.314 e. The Kier molecular flexibility index (Phi) is 3.36. The number of hydrogen-bond acceptors (Lipinski definition) is 2. The maximum atomic E-state index is 13.8. The van der Waals surface area contributed by atoms with Gasteiger partial charge in [0.1, 0.15) is 11.6 Å². The molecule has 18 heavy (non-hydrogen) atoms. The van der Waals surface area contributed by atoms with Crippen LogP contribution in [0.5, 0.6) is 5.75 Å². The SMILES string of the molecule is Cc1c(F)cc(Br)c(O)c1C1(C(=O)O)CCCC1. The molecule has 1 aromatic carbocycles. The van der Waals surface area contributed by atoms with Crippen LogP contribution in [-0.4, -0.2) is 16.2 Å². The van der Waals surface area contributed by atoms with Crippen LogP contribution in [0.15, 0.2) is 10.5 Å². The summed E-state index contributed by atoms with van der Waals surface area (Å²) in [6.07, 6.45) is 2.43. The molecule has 5 heteroatoms. The molecule has 0 aromatic heterocycles. The summed E-state index contributed by atoms with van der Waals surface area (Å²) in [5, 5.41) is 19.6. The van der Waals surface area contributed by atoms with Gasteiger partial charge in [-0.1, -0.05) is 12.8 Å². The van der Waals surface area contributed by atoms with Crippen molar-refractivity contribution in [3.63, 3.8) is 0 Å². The number of hydrogen-bond donors (Lipinski definition) is 2. The molecule has 1 fully saturated rings. The third kappa shape index (κ3) is 1.81. The molecule has 1 aliphatic carbocycles. The molecule has 98 valence electrons. The van der Waals surface area contributed by atoms with E-state index >= 15 is 0 Å². The van der Waals surface area contributed by atoms with Crippen LogP contribution in [-0.2, 0) is 10.2 Å². The Morgan fingerprint density at radius 1 is 1.44 bits per heavy atom. The fourth-order valence-electron chi connectivity index (χ4n) is 2.84. The molecule has 1 aromatic rings. The monoisotopic (exact) mass is 316 g/mol. The number of halogens is 2. The molecule has 2 N–H and O–H groups in total. The van der Waals surface area contributed by atoms with Crippen molar-refractivity contribution in [2.75, 3.05) is 0 Å². The smallest absolute Gasteiger partial charge is 0.314 e. The molecule has 0 spiro atoms. The molecule has 0 atom stereocenters. The summed E-state index contributed by atoms with van der Waals surface area (Å²) in [5.41, 5.74) is -0.710. The molecule has 0 saturated heterocycles. The van der Waals surface area contributed by atoms with E-state index in [1.165, 1.54) is 13.0 Å². The van der Waals surface area contributed by atoms with Crippen LogP contribution in [0.1, 0.15) is 36.8 Å². The van der Waals surface area contributed by atoms with Gasteiger partial charge in [0.25, 0.3) is 0 Å². The molecule has 1 aliphatic rings. The number of carbonyl (C=O) groups is 1. The molecule has 3 nitrogen and oxygen atoms in total. The lowest BCUT2D eigenvalue weighted by atomic mass is 9.76. The summed E-state index contributed by atoms with van der Waals surface area (Å²) in [4.78, 5) is 11.6. The van der Waals surface area contributed by atoms with Crippen LogP contribution in [0.3, 0.4) is 0 Å². The van der Waals surface area contributed by atoms with E-state index in [2.05, 4.69) is 15.9 Å². The number of phenols is 1. The van der Waals surface area contributed by atoms with Gasteiger partial charge >= 0.3 is 5.97 Å². The van der Waals surface area contributed by atoms with Crippen LogP contribution in [0, 0.1) is 12.7 Å². The van der Waals surface area contributed by atoms with E-state index in [0.29, 0.717) is 12.8 Å². The Morgan fingerprint density at radius 2 is 2.00 bits per heavy atom. The van der Waals surface area contributed by atoms with Crippen molar-refractivity contribution in [3.8, 4) is 5.75 Å². The fraction of sp³-hybridized carbons (Fsp3) is 0.462. The maximum absolute atomic E-state index is 13.8. The normalized spacial score (nSPS) is 17.9. The first-order chi connectivity index (χ1) is 8.40. The Hall–Kier alpha value is -1.10. The van der Waals surface area contributed by atoms with Gasteiger partial charge in [-0.15, -0.1) is 0 Å².